The highest BCUT2D eigenvalue weighted by Gasteiger charge is 2.67. The largest absolute Gasteiger partial charge is 0.469 e. The Morgan fingerprint density at radius 2 is 1.62 bits per heavy atom. The predicted molar refractivity (Wildman–Crippen MR) is 132 cm³/mol. The number of hydrogen-bond donors (Lipinski definition) is 0. The Labute approximate surface area is 204 Å². The molecule has 184 valence electrons. The molecule has 0 heterocycles. The fourth-order valence-electron chi connectivity index (χ4n) is 9.02. The van der Waals surface area contributed by atoms with E-state index in [-0.39, 0.29) is 45.1 Å². The number of rotatable bonds is 1. The minimum Gasteiger partial charge on any atom is -0.469 e. The normalized spacial score (nSPS) is 47.8. The van der Waals surface area contributed by atoms with Crippen LogP contribution in [0.2, 0.25) is 0 Å². The zero-order chi connectivity index (χ0) is 24.9. The molecular weight excluding hydrogens is 424 g/mol. The van der Waals surface area contributed by atoms with Crippen LogP contribution < -0.4 is 0 Å². The lowest BCUT2D eigenvalue weighted by Crippen LogP contribution is -2.62. The molecule has 7 unspecified atom stereocenters. The minimum absolute atomic E-state index is 0.0326. The third-order valence-corrected chi connectivity index (χ3v) is 11.7. The van der Waals surface area contributed by atoms with Crippen molar-refractivity contribution in [1.29, 1.82) is 0 Å². The van der Waals surface area contributed by atoms with Gasteiger partial charge in [-0.2, -0.15) is 0 Å². The van der Waals surface area contributed by atoms with E-state index in [0.717, 1.165) is 56.1 Å². The van der Waals surface area contributed by atoms with Crippen LogP contribution in [0.15, 0.2) is 34.9 Å². The zero-order valence-electron chi connectivity index (χ0n) is 22.0. The molecule has 0 aliphatic heterocycles. The molecule has 3 saturated carbocycles. The lowest BCUT2D eigenvalue weighted by molar-refractivity contribution is -0.180. The van der Waals surface area contributed by atoms with Crippen LogP contribution in [-0.4, -0.2) is 24.6 Å². The summed E-state index contributed by atoms with van der Waals surface area (Å²) in [6.07, 6.45) is 13.2. The van der Waals surface area contributed by atoms with E-state index in [2.05, 4.69) is 46.8 Å². The van der Waals surface area contributed by atoms with Gasteiger partial charge in [0.2, 0.25) is 11.6 Å². The summed E-state index contributed by atoms with van der Waals surface area (Å²) in [5.41, 5.74) is 3.11. The maximum atomic E-state index is 12.8. The highest BCUT2D eigenvalue weighted by Crippen LogP contribution is 2.75. The Morgan fingerprint density at radius 3 is 2.29 bits per heavy atom. The average molecular weight is 465 g/mol. The number of ketones is 2. The zero-order valence-corrected chi connectivity index (χ0v) is 22.0. The van der Waals surface area contributed by atoms with Gasteiger partial charge in [0, 0.05) is 11.3 Å². The molecule has 5 aliphatic carbocycles. The topological polar surface area (TPSA) is 60.4 Å². The molecule has 3 fully saturated rings. The van der Waals surface area contributed by atoms with Gasteiger partial charge in [-0.05, 0) is 91.3 Å². The molecule has 5 aliphatic rings. The highest BCUT2D eigenvalue weighted by molar-refractivity contribution is 6.44. The van der Waals surface area contributed by atoms with Gasteiger partial charge in [-0.3, -0.25) is 14.4 Å². The van der Waals surface area contributed by atoms with Crippen molar-refractivity contribution in [3.05, 3.63) is 34.9 Å². The Hall–Kier alpha value is -1.97. The summed E-state index contributed by atoms with van der Waals surface area (Å²) in [4.78, 5) is 37.8. The number of hydrogen-bond acceptors (Lipinski definition) is 4. The highest BCUT2D eigenvalue weighted by atomic mass is 16.5. The first kappa shape index (κ1) is 23.8. The van der Waals surface area contributed by atoms with E-state index in [4.69, 9.17) is 4.74 Å². The molecule has 4 heteroatoms. The Balaban J connectivity index is 1.62. The Bertz CT molecular complexity index is 1090. The van der Waals surface area contributed by atoms with E-state index in [0.29, 0.717) is 5.92 Å². The first-order valence-electron chi connectivity index (χ1n) is 13.1. The average Bonchev–Trinajstić information content (AvgIpc) is 2.80. The van der Waals surface area contributed by atoms with Gasteiger partial charge in [0.25, 0.3) is 0 Å². The second kappa shape index (κ2) is 7.04. The molecule has 0 radical (unpaired) electrons. The number of ether oxygens (including phenoxy) is 1. The molecule has 4 nitrogen and oxygen atoms in total. The number of esters is 1. The lowest BCUT2D eigenvalue weighted by atomic mass is 9.34. The van der Waals surface area contributed by atoms with Gasteiger partial charge in [0.05, 0.1) is 12.5 Å². The molecule has 0 amide bonds. The molecule has 0 aromatic heterocycles. The van der Waals surface area contributed by atoms with Gasteiger partial charge >= 0.3 is 5.97 Å². The summed E-state index contributed by atoms with van der Waals surface area (Å²) in [5.74, 6) is -0.648. The molecule has 0 aromatic rings. The van der Waals surface area contributed by atoms with Crippen molar-refractivity contribution in [1.82, 2.24) is 0 Å². The number of methoxy groups -OCH3 is 1. The molecular formula is C30H40O4. The van der Waals surface area contributed by atoms with E-state index in [9.17, 15) is 14.4 Å². The van der Waals surface area contributed by atoms with Crippen LogP contribution >= 0.6 is 0 Å². The van der Waals surface area contributed by atoms with Gasteiger partial charge in [-0.15, -0.1) is 0 Å². The van der Waals surface area contributed by atoms with E-state index < -0.39 is 5.41 Å². The van der Waals surface area contributed by atoms with Crippen molar-refractivity contribution in [2.24, 2.45) is 38.9 Å². The number of carbonyl (C=O) groups is 3. The molecule has 0 aromatic carbocycles. The third-order valence-electron chi connectivity index (χ3n) is 11.7. The molecule has 0 spiro atoms. The van der Waals surface area contributed by atoms with Gasteiger partial charge in [-0.25, -0.2) is 0 Å². The summed E-state index contributed by atoms with van der Waals surface area (Å²) in [6, 6.07) is 0. The molecule has 0 saturated heterocycles. The SMILES string of the molecule is COC(=O)C1(C)CCC2(C)CCC3(C)C4=CC=C5C(=CC(=O)C(=O)C5C)C4(C)CCC3(C)C2C1. The van der Waals surface area contributed by atoms with Crippen molar-refractivity contribution in [2.45, 2.75) is 86.5 Å². The maximum Gasteiger partial charge on any atom is 0.311 e. The smallest absolute Gasteiger partial charge is 0.311 e. The monoisotopic (exact) mass is 464 g/mol. The van der Waals surface area contributed by atoms with Gasteiger partial charge in [0.15, 0.2) is 0 Å². The van der Waals surface area contributed by atoms with Gasteiger partial charge in [-0.1, -0.05) is 52.3 Å². The Kier molecular flexibility index (Phi) is 4.92. The molecule has 5 rings (SSSR count). The van der Waals surface area contributed by atoms with Crippen molar-refractivity contribution in [3.8, 4) is 0 Å². The molecule has 0 N–H and O–H groups in total. The van der Waals surface area contributed by atoms with Crippen LogP contribution in [0.3, 0.4) is 0 Å². The first-order chi connectivity index (χ1) is 15.8. The second-order valence-electron chi connectivity index (χ2n) is 13.3. The summed E-state index contributed by atoms with van der Waals surface area (Å²) in [5, 5.41) is 0. The van der Waals surface area contributed by atoms with Crippen molar-refractivity contribution >= 4 is 17.5 Å². The Morgan fingerprint density at radius 1 is 0.941 bits per heavy atom. The molecule has 7 atom stereocenters. The van der Waals surface area contributed by atoms with E-state index in [1.807, 2.05) is 6.92 Å². The van der Waals surface area contributed by atoms with Crippen LogP contribution in [0.1, 0.15) is 86.5 Å². The summed E-state index contributed by atoms with van der Waals surface area (Å²) < 4.78 is 5.26. The third kappa shape index (κ3) is 2.74. The summed E-state index contributed by atoms with van der Waals surface area (Å²) in [6.45, 7) is 13.6. The summed E-state index contributed by atoms with van der Waals surface area (Å²) >= 11 is 0. The van der Waals surface area contributed by atoms with Crippen molar-refractivity contribution < 1.29 is 19.1 Å². The number of fused-ring (bicyclic) bond motifs is 7. The van der Waals surface area contributed by atoms with E-state index in [1.54, 1.807) is 6.08 Å². The van der Waals surface area contributed by atoms with Crippen LogP contribution in [-0.2, 0) is 19.1 Å². The molecule has 34 heavy (non-hydrogen) atoms. The van der Waals surface area contributed by atoms with Gasteiger partial charge in [0.1, 0.15) is 0 Å². The second-order valence-corrected chi connectivity index (χ2v) is 13.3. The predicted octanol–water partition coefficient (Wildman–Crippen LogP) is 6.16. The van der Waals surface area contributed by atoms with Crippen molar-refractivity contribution in [3.63, 3.8) is 0 Å². The maximum absolute atomic E-state index is 12.8. The van der Waals surface area contributed by atoms with Gasteiger partial charge < -0.3 is 4.74 Å². The van der Waals surface area contributed by atoms with Crippen LogP contribution in [0.25, 0.3) is 0 Å². The quantitative estimate of drug-likeness (QED) is 0.344. The first-order valence-corrected chi connectivity index (χ1v) is 13.1. The van der Waals surface area contributed by atoms with Crippen LogP contribution in [0.4, 0.5) is 0 Å². The standard InChI is InChI=1S/C30H40O4/c1-18-19-8-9-22-28(4,20(19)16-21(31)24(18)32)13-15-30(6)23-17-27(3,25(33)34-7)11-10-26(23,2)12-14-29(22,30)5/h8-9,16,18,23H,10-15,17H2,1-7H3. The van der Waals surface area contributed by atoms with Crippen LogP contribution in [0.5, 0.6) is 0 Å². The minimum atomic E-state index is -0.428. The lowest BCUT2D eigenvalue weighted by Gasteiger charge is -2.70. The molecule has 0 bridgehead atoms. The van der Waals surface area contributed by atoms with Crippen LogP contribution in [0, 0.1) is 38.9 Å². The van der Waals surface area contributed by atoms with E-state index >= 15 is 0 Å². The number of carbonyl (C=O) groups excluding carboxylic acids is 3. The number of Topliss-reactive ketones (excluding diaryl/α,β-unsaturated/α-hetero) is 1. The van der Waals surface area contributed by atoms with Crippen molar-refractivity contribution in [2.75, 3.05) is 7.11 Å². The fourth-order valence-corrected chi connectivity index (χ4v) is 9.02. The fraction of sp³-hybridized carbons (Fsp3) is 0.700. The van der Waals surface area contributed by atoms with E-state index in [1.165, 1.54) is 12.7 Å². The summed E-state index contributed by atoms with van der Waals surface area (Å²) in [7, 11) is 1.52. The number of allylic oxidation sites excluding steroid dienone is 6.